The van der Waals surface area contributed by atoms with Gasteiger partial charge >= 0.3 is 0 Å². The SMILES string of the molecule is Cn1nc(-c2ccon2)cc1C(=O)N1C[C@@H]2C(Oc3cc(C(C)(C)N)cc(-c4ccc(F)cc4)n3)[C@@H]2C1. The largest absolute Gasteiger partial charge is 0.474 e. The lowest BCUT2D eigenvalue weighted by Crippen LogP contribution is -2.34. The van der Waals surface area contributed by atoms with Crippen molar-refractivity contribution in [2.45, 2.75) is 25.5 Å². The molecular weight excluding hydrogens is 475 g/mol. The van der Waals surface area contributed by atoms with E-state index in [1.165, 1.54) is 18.4 Å². The fraction of sp³-hybridized carbons (Fsp3) is 0.333. The third kappa shape index (κ3) is 4.37. The molecule has 3 atom stereocenters. The zero-order valence-corrected chi connectivity index (χ0v) is 20.8. The van der Waals surface area contributed by atoms with E-state index in [4.69, 9.17) is 15.0 Å². The number of aromatic nitrogens is 4. The third-order valence-corrected chi connectivity index (χ3v) is 7.14. The first-order valence-electron chi connectivity index (χ1n) is 12.2. The molecule has 4 aromatic rings. The van der Waals surface area contributed by atoms with E-state index < -0.39 is 5.54 Å². The second kappa shape index (κ2) is 8.52. The Morgan fingerprint density at radius 3 is 2.46 bits per heavy atom. The first kappa shape index (κ1) is 23.4. The lowest BCUT2D eigenvalue weighted by molar-refractivity contribution is 0.0740. The molecule has 37 heavy (non-hydrogen) atoms. The van der Waals surface area contributed by atoms with E-state index in [0.29, 0.717) is 41.7 Å². The van der Waals surface area contributed by atoms with Crippen LogP contribution in [0.5, 0.6) is 5.88 Å². The number of piperidine rings is 1. The number of carbonyl (C=O) groups excluding carboxylic acids is 1. The summed E-state index contributed by atoms with van der Waals surface area (Å²) in [5.74, 6) is 0.576. The number of halogens is 1. The molecule has 0 bridgehead atoms. The molecule has 2 aliphatic rings. The number of benzene rings is 1. The van der Waals surface area contributed by atoms with E-state index in [-0.39, 0.29) is 29.7 Å². The van der Waals surface area contributed by atoms with Crippen LogP contribution in [0.4, 0.5) is 4.39 Å². The number of amides is 1. The number of hydrogen-bond acceptors (Lipinski definition) is 7. The van der Waals surface area contributed by atoms with E-state index in [0.717, 1.165) is 11.1 Å². The van der Waals surface area contributed by atoms with Gasteiger partial charge < -0.3 is 19.9 Å². The monoisotopic (exact) mass is 502 g/mol. The number of likely N-dealkylation sites (tertiary alicyclic amines) is 1. The van der Waals surface area contributed by atoms with Gasteiger partial charge in [-0.1, -0.05) is 5.16 Å². The van der Waals surface area contributed by atoms with Crippen molar-refractivity contribution in [2.75, 3.05) is 13.1 Å². The van der Waals surface area contributed by atoms with Crippen molar-refractivity contribution in [1.29, 1.82) is 0 Å². The van der Waals surface area contributed by atoms with E-state index in [1.54, 1.807) is 36.0 Å². The van der Waals surface area contributed by atoms with Crippen LogP contribution < -0.4 is 10.5 Å². The number of aryl methyl sites for hydroxylation is 1. The molecule has 1 aromatic carbocycles. The van der Waals surface area contributed by atoms with Crippen LogP contribution in [-0.4, -0.2) is 49.9 Å². The molecule has 4 heterocycles. The van der Waals surface area contributed by atoms with Crippen LogP contribution in [0.15, 0.2) is 59.3 Å². The van der Waals surface area contributed by atoms with E-state index in [1.807, 2.05) is 30.9 Å². The fourth-order valence-corrected chi connectivity index (χ4v) is 4.96. The smallest absolute Gasteiger partial charge is 0.272 e. The summed E-state index contributed by atoms with van der Waals surface area (Å²) in [6.07, 6.45) is 1.45. The van der Waals surface area contributed by atoms with Gasteiger partial charge in [-0.2, -0.15) is 5.10 Å². The standard InChI is InChI=1S/C27H27FN6O3/c1-27(2,29)16-10-21(15-4-6-17(28)7-5-15)30-24(11-16)37-25-18-13-34(14-19(18)25)26(35)23-12-22(31-33(23)3)20-8-9-36-32-20/h4-12,18-19,25H,13-14,29H2,1-3H3/t18-,19+,25?. The number of ether oxygens (including phenoxy) is 1. The summed E-state index contributed by atoms with van der Waals surface area (Å²) in [5.41, 5.74) is 9.79. The van der Waals surface area contributed by atoms with Crippen LogP contribution in [0.25, 0.3) is 22.6 Å². The highest BCUT2D eigenvalue weighted by molar-refractivity contribution is 5.94. The van der Waals surface area contributed by atoms with Crippen molar-refractivity contribution < 1.29 is 18.4 Å². The zero-order valence-electron chi connectivity index (χ0n) is 20.8. The van der Waals surface area contributed by atoms with Crippen molar-refractivity contribution in [2.24, 2.45) is 24.6 Å². The Balaban J connectivity index is 1.16. The van der Waals surface area contributed by atoms with Crippen molar-refractivity contribution in [1.82, 2.24) is 24.8 Å². The van der Waals surface area contributed by atoms with Gasteiger partial charge in [0.05, 0.1) is 5.69 Å². The minimum atomic E-state index is -0.605. The molecule has 1 saturated heterocycles. The van der Waals surface area contributed by atoms with Crippen molar-refractivity contribution in [3.05, 3.63) is 71.9 Å². The minimum absolute atomic E-state index is 0.0222. The maximum Gasteiger partial charge on any atom is 0.272 e. The number of carbonyl (C=O) groups is 1. The van der Waals surface area contributed by atoms with Crippen LogP contribution in [0.3, 0.4) is 0 Å². The highest BCUT2D eigenvalue weighted by Gasteiger charge is 2.59. The van der Waals surface area contributed by atoms with Crippen LogP contribution in [-0.2, 0) is 12.6 Å². The molecule has 1 saturated carbocycles. The quantitative estimate of drug-likeness (QED) is 0.429. The first-order valence-corrected chi connectivity index (χ1v) is 12.2. The number of fused-ring (bicyclic) bond motifs is 1. The van der Waals surface area contributed by atoms with Crippen molar-refractivity contribution in [3.8, 4) is 28.5 Å². The molecule has 190 valence electrons. The molecule has 0 radical (unpaired) electrons. The van der Waals surface area contributed by atoms with E-state index in [2.05, 4.69) is 15.2 Å². The summed E-state index contributed by atoms with van der Waals surface area (Å²) in [6, 6.07) is 13.4. The molecule has 0 spiro atoms. The van der Waals surface area contributed by atoms with Gasteiger partial charge in [0.25, 0.3) is 5.91 Å². The van der Waals surface area contributed by atoms with Gasteiger partial charge in [0.15, 0.2) is 0 Å². The van der Waals surface area contributed by atoms with Gasteiger partial charge in [-0.25, -0.2) is 9.37 Å². The average molecular weight is 503 g/mol. The Bertz CT molecular complexity index is 1450. The molecule has 2 N–H and O–H groups in total. The van der Waals surface area contributed by atoms with Gasteiger partial charge in [-0.05, 0) is 55.8 Å². The van der Waals surface area contributed by atoms with Crippen molar-refractivity contribution in [3.63, 3.8) is 0 Å². The average Bonchev–Trinajstić information content (AvgIpc) is 3.36. The van der Waals surface area contributed by atoms with E-state index >= 15 is 0 Å². The molecular formula is C27H27FN6O3. The number of nitrogens with two attached hydrogens (primary N) is 1. The Labute approximate surface area is 213 Å². The maximum absolute atomic E-state index is 13.4. The molecule has 1 aliphatic heterocycles. The van der Waals surface area contributed by atoms with Gasteiger partial charge in [0.2, 0.25) is 5.88 Å². The van der Waals surface area contributed by atoms with Crippen molar-refractivity contribution >= 4 is 5.91 Å². The third-order valence-electron chi connectivity index (χ3n) is 7.14. The summed E-state index contributed by atoms with van der Waals surface area (Å²) in [7, 11) is 1.75. The van der Waals surface area contributed by atoms with E-state index in [9.17, 15) is 9.18 Å². The predicted octanol–water partition coefficient (Wildman–Crippen LogP) is 3.62. The first-order chi connectivity index (χ1) is 17.7. The lowest BCUT2D eigenvalue weighted by atomic mass is 9.95. The number of pyridine rings is 1. The zero-order chi connectivity index (χ0) is 25.9. The van der Waals surface area contributed by atoms with Crippen LogP contribution in [0, 0.1) is 17.7 Å². The summed E-state index contributed by atoms with van der Waals surface area (Å²) >= 11 is 0. The summed E-state index contributed by atoms with van der Waals surface area (Å²) in [4.78, 5) is 19.7. The topological polar surface area (TPSA) is 112 Å². The van der Waals surface area contributed by atoms with Crippen LogP contribution >= 0.6 is 0 Å². The lowest BCUT2D eigenvalue weighted by Gasteiger charge is -2.22. The summed E-state index contributed by atoms with van der Waals surface area (Å²) < 4.78 is 26.2. The Hall–Kier alpha value is -4.05. The van der Waals surface area contributed by atoms with Gasteiger partial charge in [-0.15, -0.1) is 0 Å². The fourth-order valence-electron chi connectivity index (χ4n) is 4.96. The molecule has 1 aliphatic carbocycles. The molecule has 2 fully saturated rings. The maximum atomic E-state index is 13.4. The molecule has 1 amide bonds. The predicted molar refractivity (Wildman–Crippen MR) is 133 cm³/mol. The Morgan fingerprint density at radius 1 is 1.08 bits per heavy atom. The normalized spacial score (nSPS) is 20.7. The van der Waals surface area contributed by atoms with Gasteiger partial charge in [0, 0.05) is 55.2 Å². The summed E-state index contributed by atoms with van der Waals surface area (Å²) in [5, 5.41) is 8.29. The highest BCUT2D eigenvalue weighted by atomic mass is 19.1. The summed E-state index contributed by atoms with van der Waals surface area (Å²) in [6.45, 7) is 5.04. The Kier molecular flexibility index (Phi) is 5.38. The minimum Gasteiger partial charge on any atom is -0.474 e. The van der Waals surface area contributed by atoms with Gasteiger partial charge in [-0.3, -0.25) is 9.48 Å². The van der Waals surface area contributed by atoms with Crippen LogP contribution in [0.2, 0.25) is 0 Å². The number of rotatable bonds is 6. The molecule has 1 unspecified atom stereocenters. The molecule has 9 nitrogen and oxygen atoms in total. The Morgan fingerprint density at radius 2 is 1.81 bits per heavy atom. The van der Waals surface area contributed by atoms with Crippen LogP contribution in [0.1, 0.15) is 29.9 Å². The number of nitrogens with zero attached hydrogens (tertiary/aromatic N) is 5. The molecule has 10 heteroatoms. The van der Waals surface area contributed by atoms with Gasteiger partial charge in [0.1, 0.15) is 35.3 Å². The second-order valence-electron chi connectivity index (χ2n) is 10.4. The highest BCUT2D eigenvalue weighted by Crippen LogP contribution is 2.48. The number of hydrogen-bond donors (Lipinski definition) is 1. The molecule has 6 rings (SSSR count). The second-order valence-corrected chi connectivity index (χ2v) is 10.4. The molecule has 3 aromatic heterocycles.